The summed E-state index contributed by atoms with van der Waals surface area (Å²) >= 11 is 0. The van der Waals surface area contributed by atoms with Gasteiger partial charge in [-0.15, -0.1) is 0 Å². The Morgan fingerprint density at radius 1 is 1.33 bits per heavy atom. The molecule has 9 heavy (non-hydrogen) atoms. The minimum atomic E-state index is 0.907. The summed E-state index contributed by atoms with van der Waals surface area (Å²) in [5.74, 6) is 1.89. The second-order valence-corrected chi connectivity index (χ2v) is 3.20. The lowest BCUT2D eigenvalue weighted by Gasteiger charge is -1.99. The molecule has 2 unspecified atom stereocenters. The third-order valence-electron chi connectivity index (χ3n) is 2.20. The molecule has 0 saturated heterocycles. The van der Waals surface area contributed by atoms with Crippen LogP contribution in [-0.4, -0.2) is 0 Å². The van der Waals surface area contributed by atoms with Crippen LogP contribution in [0.2, 0.25) is 0 Å². The highest BCUT2D eigenvalue weighted by molar-refractivity contribution is 4.89. The van der Waals surface area contributed by atoms with Crippen molar-refractivity contribution in [2.24, 2.45) is 11.8 Å². The van der Waals surface area contributed by atoms with Gasteiger partial charge in [0.05, 0.1) is 0 Å². The van der Waals surface area contributed by atoms with Crippen LogP contribution < -0.4 is 0 Å². The molecule has 0 heterocycles. The van der Waals surface area contributed by atoms with Crippen LogP contribution >= 0.6 is 0 Å². The van der Waals surface area contributed by atoms with E-state index in [0.717, 1.165) is 11.8 Å². The lowest BCUT2D eigenvalue weighted by molar-refractivity contribution is 0.586. The third-order valence-corrected chi connectivity index (χ3v) is 2.20. The van der Waals surface area contributed by atoms with Gasteiger partial charge in [0.2, 0.25) is 0 Å². The Bertz CT molecular complexity index is 103. The summed E-state index contributed by atoms with van der Waals surface area (Å²) in [6.45, 7) is 4.46. The molecule has 0 spiro atoms. The van der Waals surface area contributed by atoms with Crippen molar-refractivity contribution >= 4 is 0 Å². The molecule has 0 aromatic rings. The molecule has 2 atom stereocenters. The number of hydrogen-bond acceptors (Lipinski definition) is 0. The van der Waals surface area contributed by atoms with Crippen LogP contribution in [0, 0.1) is 11.8 Å². The fraction of sp³-hybridized carbons (Fsp3) is 0.778. The molecule has 0 aromatic heterocycles. The minimum Gasteiger partial charge on any atom is -0.0914 e. The molecule has 52 valence electrons. The molecule has 0 amide bonds. The predicted molar refractivity (Wildman–Crippen MR) is 41.3 cm³/mol. The van der Waals surface area contributed by atoms with Gasteiger partial charge in [-0.25, -0.2) is 0 Å². The summed E-state index contributed by atoms with van der Waals surface area (Å²) in [6, 6.07) is 0. The first-order valence-corrected chi connectivity index (χ1v) is 3.95. The summed E-state index contributed by atoms with van der Waals surface area (Å²) in [6.07, 6.45) is 8.82. The first kappa shape index (κ1) is 6.85. The molecular weight excluding hydrogens is 108 g/mol. The quantitative estimate of drug-likeness (QED) is 0.471. The van der Waals surface area contributed by atoms with Gasteiger partial charge in [0, 0.05) is 0 Å². The van der Waals surface area contributed by atoms with Crippen LogP contribution in [0.25, 0.3) is 0 Å². The molecule has 0 aliphatic heterocycles. The van der Waals surface area contributed by atoms with Crippen LogP contribution in [0.3, 0.4) is 0 Å². The molecule has 1 aliphatic carbocycles. The largest absolute Gasteiger partial charge is 0.0914 e. The average molecular weight is 124 g/mol. The van der Waals surface area contributed by atoms with Gasteiger partial charge < -0.3 is 0 Å². The van der Waals surface area contributed by atoms with E-state index in [1.165, 1.54) is 19.3 Å². The van der Waals surface area contributed by atoms with E-state index in [9.17, 15) is 0 Å². The summed E-state index contributed by atoms with van der Waals surface area (Å²) in [4.78, 5) is 0. The van der Waals surface area contributed by atoms with E-state index < -0.39 is 0 Å². The van der Waals surface area contributed by atoms with Gasteiger partial charge in [-0.2, -0.15) is 0 Å². The zero-order valence-corrected chi connectivity index (χ0v) is 6.43. The molecule has 0 nitrogen and oxygen atoms in total. The van der Waals surface area contributed by atoms with Crippen molar-refractivity contribution in [1.82, 2.24) is 0 Å². The van der Waals surface area contributed by atoms with Crippen LogP contribution in [-0.2, 0) is 0 Å². The maximum Gasteiger partial charge on any atom is -0.0231 e. The fourth-order valence-electron chi connectivity index (χ4n) is 1.70. The Hall–Kier alpha value is -0.260. The van der Waals surface area contributed by atoms with Crippen molar-refractivity contribution in [2.75, 3.05) is 0 Å². The van der Waals surface area contributed by atoms with Crippen molar-refractivity contribution in [3.05, 3.63) is 12.2 Å². The van der Waals surface area contributed by atoms with E-state index in [4.69, 9.17) is 0 Å². The van der Waals surface area contributed by atoms with Crippen LogP contribution in [0.1, 0.15) is 33.1 Å². The van der Waals surface area contributed by atoms with Crippen molar-refractivity contribution < 1.29 is 0 Å². The van der Waals surface area contributed by atoms with E-state index in [2.05, 4.69) is 26.0 Å². The van der Waals surface area contributed by atoms with Crippen molar-refractivity contribution in [3.8, 4) is 0 Å². The van der Waals surface area contributed by atoms with Crippen LogP contribution in [0.5, 0.6) is 0 Å². The van der Waals surface area contributed by atoms with E-state index in [-0.39, 0.29) is 0 Å². The second-order valence-electron chi connectivity index (χ2n) is 3.20. The molecule has 0 bridgehead atoms. The maximum absolute atomic E-state index is 2.35. The Balaban J connectivity index is 2.30. The SMILES string of the molecule is C/C=C/C1CCC(C)C1. The fourth-order valence-corrected chi connectivity index (χ4v) is 1.70. The third kappa shape index (κ3) is 1.85. The van der Waals surface area contributed by atoms with Crippen LogP contribution in [0.4, 0.5) is 0 Å². The molecule has 0 aromatic carbocycles. The second kappa shape index (κ2) is 3.05. The monoisotopic (exact) mass is 124 g/mol. The van der Waals surface area contributed by atoms with E-state index in [0.29, 0.717) is 0 Å². The molecule has 1 saturated carbocycles. The van der Waals surface area contributed by atoms with Gasteiger partial charge in [-0.05, 0) is 31.6 Å². The van der Waals surface area contributed by atoms with E-state index >= 15 is 0 Å². The van der Waals surface area contributed by atoms with E-state index in [1.54, 1.807) is 0 Å². The van der Waals surface area contributed by atoms with Crippen molar-refractivity contribution in [2.45, 2.75) is 33.1 Å². The first-order valence-electron chi connectivity index (χ1n) is 3.95. The Morgan fingerprint density at radius 3 is 2.56 bits per heavy atom. The molecule has 1 fully saturated rings. The van der Waals surface area contributed by atoms with Gasteiger partial charge in [0.15, 0.2) is 0 Å². The summed E-state index contributed by atoms with van der Waals surface area (Å²) in [7, 11) is 0. The zero-order valence-electron chi connectivity index (χ0n) is 6.43. The van der Waals surface area contributed by atoms with E-state index in [1.807, 2.05) is 0 Å². The van der Waals surface area contributed by atoms with Gasteiger partial charge in [-0.1, -0.05) is 25.5 Å². The number of allylic oxidation sites excluding steroid dienone is 2. The summed E-state index contributed by atoms with van der Waals surface area (Å²) < 4.78 is 0. The topological polar surface area (TPSA) is 0 Å². The smallest absolute Gasteiger partial charge is 0.0231 e. The normalized spacial score (nSPS) is 36.2. The standard InChI is InChI=1S/C9H16/c1-3-4-9-6-5-8(2)7-9/h3-4,8-9H,5-7H2,1-2H3/b4-3+. The highest BCUT2D eigenvalue weighted by Crippen LogP contribution is 2.30. The Labute approximate surface area is 58.0 Å². The zero-order chi connectivity index (χ0) is 6.69. The van der Waals surface area contributed by atoms with Gasteiger partial charge in [0.1, 0.15) is 0 Å². The van der Waals surface area contributed by atoms with Gasteiger partial charge in [0.25, 0.3) is 0 Å². The minimum absolute atomic E-state index is 0.907. The van der Waals surface area contributed by atoms with Gasteiger partial charge >= 0.3 is 0 Å². The van der Waals surface area contributed by atoms with Crippen molar-refractivity contribution in [3.63, 3.8) is 0 Å². The average Bonchev–Trinajstić information content (AvgIpc) is 2.17. The van der Waals surface area contributed by atoms with Crippen LogP contribution in [0.15, 0.2) is 12.2 Å². The predicted octanol–water partition coefficient (Wildman–Crippen LogP) is 3.00. The summed E-state index contributed by atoms with van der Waals surface area (Å²) in [5.41, 5.74) is 0. The van der Waals surface area contributed by atoms with Crippen molar-refractivity contribution in [1.29, 1.82) is 0 Å². The lowest BCUT2D eigenvalue weighted by Crippen LogP contribution is -1.87. The summed E-state index contributed by atoms with van der Waals surface area (Å²) in [5, 5.41) is 0. The molecule has 0 radical (unpaired) electrons. The Morgan fingerprint density at radius 2 is 2.11 bits per heavy atom. The first-order chi connectivity index (χ1) is 4.33. The van der Waals surface area contributed by atoms with Gasteiger partial charge in [-0.3, -0.25) is 0 Å². The molecular formula is C9H16. The Kier molecular flexibility index (Phi) is 2.32. The lowest BCUT2D eigenvalue weighted by atomic mass is 10.1. The number of rotatable bonds is 1. The highest BCUT2D eigenvalue weighted by Gasteiger charge is 2.17. The molecule has 0 heteroatoms. The molecule has 0 N–H and O–H groups in total. The number of hydrogen-bond donors (Lipinski definition) is 0. The molecule has 1 rings (SSSR count). The highest BCUT2D eigenvalue weighted by atomic mass is 14.2. The molecule has 1 aliphatic rings. The maximum atomic E-state index is 2.35.